The Morgan fingerprint density at radius 1 is 0.792 bits per heavy atom. The van der Waals surface area contributed by atoms with Crippen LogP contribution < -0.4 is 0 Å². The van der Waals surface area contributed by atoms with Crippen LogP contribution in [0.15, 0.2) is 0 Å². The fourth-order valence-electron chi connectivity index (χ4n) is 4.20. The summed E-state index contributed by atoms with van der Waals surface area (Å²) >= 11 is -2.75. The van der Waals surface area contributed by atoms with Gasteiger partial charge in [-0.25, -0.2) is 0 Å². The van der Waals surface area contributed by atoms with Gasteiger partial charge in [-0.05, 0) is 0 Å². The van der Waals surface area contributed by atoms with Gasteiger partial charge in [0, 0.05) is 0 Å². The summed E-state index contributed by atoms with van der Waals surface area (Å²) in [6.45, 7) is 8.87. The Balaban J connectivity index is 3.07. The Morgan fingerprint density at radius 3 is 1.67 bits per heavy atom. The third kappa shape index (κ3) is 5.85. The quantitative estimate of drug-likeness (QED) is 0.295. The molecule has 144 valence electrons. The van der Waals surface area contributed by atoms with Crippen molar-refractivity contribution in [3.8, 4) is 0 Å². The van der Waals surface area contributed by atoms with E-state index in [0.29, 0.717) is 6.42 Å². The average molecular weight is 449 g/mol. The summed E-state index contributed by atoms with van der Waals surface area (Å²) in [6.07, 6.45) is 11.3. The molecule has 1 fully saturated rings. The molecule has 0 bridgehead atoms. The van der Waals surface area contributed by atoms with Gasteiger partial charge in [-0.15, -0.1) is 0 Å². The van der Waals surface area contributed by atoms with Crippen LogP contribution in [0.2, 0.25) is 13.3 Å². The summed E-state index contributed by atoms with van der Waals surface area (Å²) in [5, 5.41) is 21.8. The molecule has 1 heterocycles. The van der Waals surface area contributed by atoms with Crippen molar-refractivity contribution in [3.05, 3.63) is 0 Å². The summed E-state index contributed by atoms with van der Waals surface area (Å²) in [5.74, 6) is -1.63. The zero-order valence-electron chi connectivity index (χ0n) is 16.7. The molecule has 24 heavy (non-hydrogen) atoms. The van der Waals surface area contributed by atoms with E-state index in [1.54, 1.807) is 0 Å². The van der Waals surface area contributed by atoms with Gasteiger partial charge in [0.2, 0.25) is 0 Å². The molecular formula is C20H42O3Sn. The van der Waals surface area contributed by atoms with Crippen molar-refractivity contribution in [3.63, 3.8) is 0 Å². The number of hydrogen-bond acceptors (Lipinski definition) is 3. The second-order valence-electron chi connectivity index (χ2n) is 8.01. The van der Waals surface area contributed by atoms with Crippen LogP contribution in [0.3, 0.4) is 0 Å². The SMILES string of the molecule is CCCCC1(CCCC)[O][Sn]([CH2]CCC)([CH2]CCC)[CH2]CC1(O)O. The molecule has 0 aromatic rings. The fourth-order valence-corrected chi connectivity index (χ4v) is 18.6. The van der Waals surface area contributed by atoms with Gasteiger partial charge in [0.25, 0.3) is 0 Å². The van der Waals surface area contributed by atoms with E-state index >= 15 is 0 Å². The Morgan fingerprint density at radius 2 is 1.25 bits per heavy atom. The summed E-state index contributed by atoms with van der Waals surface area (Å²) < 4.78 is 10.5. The van der Waals surface area contributed by atoms with E-state index in [1.165, 1.54) is 34.6 Å². The van der Waals surface area contributed by atoms with E-state index in [1.807, 2.05) is 0 Å². The first-order valence-electron chi connectivity index (χ1n) is 10.6. The summed E-state index contributed by atoms with van der Waals surface area (Å²) in [4.78, 5) is 0. The van der Waals surface area contributed by atoms with Crippen LogP contribution >= 0.6 is 0 Å². The maximum atomic E-state index is 10.9. The minimum absolute atomic E-state index is 0.546. The third-order valence-electron chi connectivity index (χ3n) is 5.91. The second kappa shape index (κ2) is 10.7. The van der Waals surface area contributed by atoms with Crippen LogP contribution in [0, 0.1) is 0 Å². The van der Waals surface area contributed by atoms with Crippen LogP contribution in [0.5, 0.6) is 0 Å². The Kier molecular flexibility index (Phi) is 10.2. The van der Waals surface area contributed by atoms with Crippen LogP contribution in [0.1, 0.15) is 98.3 Å². The van der Waals surface area contributed by atoms with Crippen molar-refractivity contribution in [1.29, 1.82) is 0 Å². The monoisotopic (exact) mass is 450 g/mol. The average Bonchev–Trinajstić information content (AvgIpc) is 2.57. The van der Waals surface area contributed by atoms with Crippen LogP contribution in [-0.4, -0.2) is 40.4 Å². The molecule has 0 aromatic heterocycles. The Labute approximate surface area is 155 Å². The molecule has 4 heteroatoms. The van der Waals surface area contributed by atoms with Crippen LogP contribution in [0.4, 0.5) is 0 Å². The number of aliphatic hydroxyl groups is 2. The van der Waals surface area contributed by atoms with Gasteiger partial charge in [-0.1, -0.05) is 0 Å². The first kappa shape index (κ1) is 22.7. The third-order valence-corrected chi connectivity index (χ3v) is 18.8. The molecule has 3 nitrogen and oxygen atoms in total. The van der Waals surface area contributed by atoms with Crippen molar-refractivity contribution in [2.75, 3.05) is 0 Å². The molecule has 1 aliphatic rings. The van der Waals surface area contributed by atoms with Crippen molar-refractivity contribution in [2.45, 2.75) is 123 Å². The summed E-state index contributed by atoms with van der Waals surface area (Å²) in [5.41, 5.74) is -0.686. The topological polar surface area (TPSA) is 49.7 Å². The van der Waals surface area contributed by atoms with E-state index in [2.05, 4.69) is 27.7 Å². The number of hydrogen-bond donors (Lipinski definition) is 2. The zero-order valence-corrected chi connectivity index (χ0v) is 19.6. The first-order valence-corrected chi connectivity index (χ1v) is 17.8. The van der Waals surface area contributed by atoms with Crippen LogP contribution in [0.25, 0.3) is 0 Å². The van der Waals surface area contributed by atoms with Gasteiger partial charge < -0.3 is 0 Å². The molecule has 0 unspecified atom stereocenters. The minimum atomic E-state index is -2.75. The predicted octanol–water partition coefficient (Wildman–Crippen LogP) is 5.75. The van der Waals surface area contributed by atoms with E-state index in [9.17, 15) is 10.2 Å². The Bertz CT molecular complexity index is 328. The molecule has 1 rings (SSSR count). The van der Waals surface area contributed by atoms with Crippen molar-refractivity contribution < 1.29 is 13.3 Å². The molecule has 0 atom stereocenters. The number of unbranched alkanes of at least 4 members (excludes halogenated alkanes) is 4. The standard InChI is InChI=1S/C12H24O3.2C4H9.Sn/c1-4-7-9-11(13,10-8-5-2)12(14,15)6-3;2*1-3-4-2;/h14-15H,3-10H2,1-2H3;2*1,3-4H2,2H3;/q-1;;;+1. The zero-order chi connectivity index (χ0) is 18.1. The van der Waals surface area contributed by atoms with Gasteiger partial charge in [0.1, 0.15) is 0 Å². The molecule has 0 saturated carbocycles. The van der Waals surface area contributed by atoms with E-state index < -0.39 is 30.2 Å². The van der Waals surface area contributed by atoms with E-state index in [-0.39, 0.29) is 0 Å². The van der Waals surface area contributed by atoms with Crippen LogP contribution in [-0.2, 0) is 3.07 Å². The van der Waals surface area contributed by atoms with E-state index in [4.69, 9.17) is 3.07 Å². The van der Waals surface area contributed by atoms with Crippen molar-refractivity contribution >= 4 is 18.8 Å². The molecule has 0 spiro atoms. The summed E-state index contributed by atoms with van der Waals surface area (Å²) in [6, 6.07) is 0. The molecular weight excluding hydrogens is 407 g/mol. The van der Waals surface area contributed by atoms with Gasteiger partial charge in [-0.2, -0.15) is 0 Å². The molecule has 2 N–H and O–H groups in total. The maximum absolute atomic E-state index is 10.9. The fraction of sp³-hybridized carbons (Fsp3) is 1.00. The van der Waals surface area contributed by atoms with Gasteiger partial charge >= 0.3 is 155 Å². The van der Waals surface area contributed by atoms with Gasteiger partial charge in [-0.3, -0.25) is 0 Å². The molecule has 0 amide bonds. The first-order chi connectivity index (χ1) is 11.4. The normalized spacial score (nSPS) is 21.8. The second-order valence-corrected chi connectivity index (χ2v) is 19.6. The van der Waals surface area contributed by atoms with Gasteiger partial charge in [0.15, 0.2) is 0 Å². The van der Waals surface area contributed by atoms with Crippen molar-refractivity contribution in [2.24, 2.45) is 0 Å². The molecule has 1 aliphatic heterocycles. The van der Waals surface area contributed by atoms with Crippen molar-refractivity contribution in [1.82, 2.24) is 0 Å². The molecule has 0 aliphatic carbocycles. The predicted molar refractivity (Wildman–Crippen MR) is 105 cm³/mol. The molecule has 0 aromatic carbocycles. The molecule has 0 radical (unpaired) electrons. The summed E-state index contributed by atoms with van der Waals surface area (Å²) in [7, 11) is 0. The molecule has 1 saturated heterocycles. The Hall–Kier alpha value is 0.679. The van der Waals surface area contributed by atoms with Gasteiger partial charge in [0.05, 0.1) is 0 Å². The number of rotatable bonds is 12. The van der Waals surface area contributed by atoms with E-state index in [0.717, 1.165) is 43.0 Å².